The van der Waals surface area contributed by atoms with E-state index in [1.54, 1.807) is 7.11 Å². The summed E-state index contributed by atoms with van der Waals surface area (Å²) < 4.78 is 8.28. The Morgan fingerprint density at radius 3 is 2.45 bits per heavy atom. The lowest BCUT2D eigenvalue weighted by atomic mass is 10.1. The molecule has 0 fully saturated rings. The number of benzene rings is 2. The van der Waals surface area contributed by atoms with Gasteiger partial charge in [-0.2, -0.15) is 5.10 Å². The minimum atomic E-state index is 0.521. The number of thiophene rings is 1. The van der Waals surface area contributed by atoms with E-state index in [4.69, 9.17) is 36.8 Å². The molecule has 4 aromatic rings. The van der Waals surface area contributed by atoms with E-state index in [0.717, 1.165) is 42.9 Å². The van der Waals surface area contributed by atoms with Crippen LogP contribution >= 0.6 is 22.9 Å². The Bertz CT molecular complexity index is 1130. The molecule has 0 saturated heterocycles. The zero-order valence-corrected chi connectivity index (χ0v) is 18.6. The summed E-state index contributed by atoms with van der Waals surface area (Å²) in [4.78, 5) is 16.0. The number of ether oxygens (including phenoxy) is 1. The quantitative estimate of drug-likeness (QED) is 0.436. The molecule has 31 heavy (non-hydrogen) atoms. The maximum atomic E-state index is 8.00. The third kappa shape index (κ3) is 5.69. The van der Waals surface area contributed by atoms with E-state index in [0.29, 0.717) is 13.1 Å². The Morgan fingerprint density at radius 1 is 1.10 bits per heavy atom. The summed E-state index contributed by atoms with van der Waals surface area (Å²) in [7, 11) is 1.67. The molecule has 162 valence electrons. The number of rotatable bonds is 6. The van der Waals surface area contributed by atoms with Gasteiger partial charge in [0, 0.05) is 6.54 Å². The van der Waals surface area contributed by atoms with Crippen LogP contribution in [0.1, 0.15) is 11.1 Å². The molecule has 0 spiro atoms. The summed E-state index contributed by atoms with van der Waals surface area (Å²) >= 11 is 7.54. The lowest BCUT2D eigenvalue weighted by Crippen LogP contribution is -2.04. The predicted molar refractivity (Wildman–Crippen MR) is 127 cm³/mol. The van der Waals surface area contributed by atoms with Crippen molar-refractivity contribution in [2.45, 2.75) is 13.1 Å². The highest BCUT2D eigenvalue weighted by molar-refractivity contribution is 7.19. The summed E-state index contributed by atoms with van der Waals surface area (Å²) in [5, 5.41) is 10.1. The van der Waals surface area contributed by atoms with Crippen molar-refractivity contribution in [3.8, 4) is 5.75 Å². The van der Waals surface area contributed by atoms with Crippen molar-refractivity contribution in [1.82, 2.24) is 9.78 Å². The van der Waals surface area contributed by atoms with Crippen molar-refractivity contribution >= 4 is 58.2 Å². The molecule has 0 aliphatic heterocycles. The fraction of sp³-hybridized carbons (Fsp3) is 0.136. The number of halogens is 1. The molecular weight excluding hydrogens is 436 g/mol. The average molecular weight is 459 g/mol. The van der Waals surface area contributed by atoms with Crippen LogP contribution in [-0.2, 0) is 22.7 Å². The highest BCUT2D eigenvalue weighted by Gasteiger charge is 2.16. The van der Waals surface area contributed by atoms with Gasteiger partial charge in [-0.1, -0.05) is 41.9 Å². The number of nitrogens with two attached hydrogens (primary N) is 1. The number of hydrogen-bond acceptors (Lipinski definition) is 7. The van der Waals surface area contributed by atoms with Crippen LogP contribution in [-0.4, -0.2) is 30.5 Å². The standard InChI is InChI=1S/C20H19ClN4OS.2CH2O/c1-26-16-7-3-6-15-19(16)20(23-18-9-8-17(21)27-18)24-25(15)12-14-5-2-4-13(10-14)11-22;2*1-2/h2-10H,11-12,22H2,1H3,(H,23,24);2*1H2. The van der Waals surface area contributed by atoms with E-state index in [1.807, 2.05) is 60.7 Å². The van der Waals surface area contributed by atoms with Gasteiger partial charge < -0.3 is 25.4 Å². The molecule has 0 amide bonds. The number of aromatic nitrogens is 2. The molecule has 0 saturated carbocycles. The molecule has 7 nitrogen and oxygen atoms in total. The number of carbonyl (C=O) groups is 2. The van der Waals surface area contributed by atoms with E-state index >= 15 is 0 Å². The Morgan fingerprint density at radius 2 is 1.81 bits per heavy atom. The number of fused-ring (bicyclic) bond motifs is 1. The molecule has 0 bridgehead atoms. The summed E-state index contributed by atoms with van der Waals surface area (Å²) in [5.74, 6) is 1.52. The van der Waals surface area contributed by atoms with Crippen LogP contribution in [0, 0.1) is 0 Å². The van der Waals surface area contributed by atoms with Crippen molar-refractivity contribution in [1.29, 1.82) is 0 Å². The topological polar surface area (TPSA) is 99.2 Å². The van der Waals surface area contributed by atoms with E-state index < -0.39 is 0 Å². The Labute approximate surface area is 189 Å². The first-order chi connectivity index (χ1) is 15.2. The average Bonchev–Trinajstić information content (AvgIpc) is 3.39. The number of nitrogens with one attached hydrogen (secondary N) is 1. The zero-order chi connectivity index (χ0) is 22.8. The largest absolute Gasteiger partial charge is 0.496 e. The Kier molecular flexibility index (Phi) is 9.20. The van der Waals surface area contributed by atoms with Gasteiger partial charge in [0.1, 0.15) is 19.3 Å². The number of nitrogens with zero attached hydrogens (tertiary/aromatic N) is 2. The van der Waals surface area contributed by atoms with Crippen LogP contribution in [0.2, 0.25) is 4.34 Å². The van der Waals surface area contributed by atoms with Gasteiger partial charge in [-0.15, -0.1) is 11.3 Å². The van der Waals surface area contributed by atoms with Crippen LogP contribution in [0.15, 0.2) is 54.6 Å². The first kappa shape index (κ1) is 24.1. The lowest BCUT2D eigenvalue weighted by Gasteiger charge is -2.06. The van der Waals surface area contributed by atoms with E-state index in [9.17, 15) is 0 Å². The SMILES string of the molecule is C=O.C=O.COc1cccc2c1c(Nc1ccc(Cl)s1)nn2Cc1cccc(CN)c1. The zero-order valence-electron chi connectivity index (χ0n) is 17.0. The molecule has 3 N–H and O–H groups in total. The minimum absolute atomic E-state index is 0.521. The monoisotopic (exact) mass is 458 g/mol. The van der Waals surface area contributed by atoms with Crippen LogP contribution in [0.25, 0.3) is 10.9 Å². The number of anilines is 2. The molecule has 0 radical (unpaired) electrons. The van der Waals surface area contributed by atoms with E-state index in [-0.39, 0.29) is 0 Å². The van der Waals surface area contributed by atoms with Crippen molar-refractivity contribution in [3.05, 3.63) is 70.1 Å². The van der Waals surface area contributed by atoms with Crippen molar-refractivity contribution in [2.24, 2.45) is 5.73 Å². The second-order valence-electron chi connectivity index (χ2n) is 6.11. The van der Waals surface area contributed by atoms with Gasteiger partial charge in [-0.25, -0.2) is 0 Å². The fourth-order valence-electron chi connectivity index (χ4n) is 3.10. The van der Waals surface area contributed by atoms with Gasteiger partial charge >= 0.3 is 0 Å². The smallest absolute Gasteiger partial charge is 0.164 e. The van der Waals surface area contributed by atoms with Gasteiger partial charge in [0.15, 0.2) is 5.82 Å². The van der Waals surface area contributed by atoms with Crippen molar-refractivity contribution in [3.63, 3.8) is 0 Å². The first-order valence-corrected chi connectivity index (χ1v) is 10.3. The molecule has 4 rings (SSSR count). The first-order valence-electron chi connectivity index (χ1n) is 9.09. The molecule has 2 heterocycles. The van der Waals surface area contributed by atoms with E-state index in [2.05, 4.69) is 17.4 Å². The van der Waals surface area contributed by atoms with Gasteiger partial charge in [-0.3, -0.25) is 4.68 Å². The molecule has 9 heteroatoms. The molecular formula is C22H23ClN4O3S. The highest BCUT2D eigenvalue weighted by Crippen LogP contribution is 2.36. The summed E-state index contributed by atoms with van der Waals surface area (Å²) in [6.07, 6.45) is 0. The Hall–Kier alpha value is -3.20. The second-order valence-corrected chi connectivity index (χ2v) is 7.83. The van der Waals surface area contributed by atoms with Gasteiger partial charge in [0.2, 0.25) is 0 Å². The maximum Gasteiger partial charge on any atom is 0.164 e. The predicted octanol–water partition coefficient (Wildman–Crippen LogP) is 4.64. The molecule has 0 atom stereocenters. The fourth-order valence-corrected chi connectivity index (χ4v) is 4.04. The van der Waals surface area contributed by atoms with Crippen LogP contribution in [0.4, 0.5) is 10.8 Å². The van der Waals surface area contributed by atoms with Crippen molar-refractivity contribution < 1.29 is 14.3 Å². The molecule has 0 aliphatic rings. The summed E-state index contributed by atoms with van der Waals surface area (Å²) in [6, 6.07) is 18.0. The summed E-state index contributed by atoms with van der Waals surface area (Å²) in [5.41, 5.74) is 9.03. The lowest BCUT2D eigenvalue weighted by molar-refractivity contribution is -0.0987. The van der Waals surface area contributed by atoms with Gasteiger partial charge in [0.05, 0.1) is 33.9 Å². The van der Waals surface area contributed by atoms with E-state index in [1.165, 1.54) is 11.3 Å². The Balaban J connectivity index is 0.000000807. The normalized spacial score (nSPS) is 9.90. The third-order valence-corrected chi connectivity index (χ3v) is 5.48. The molecule has 2 aromatic carbocycles. The number of hydrogen-bond donors (Lipinski definition) is 2. The minimum Gasteiger partial charge on any atom is -0.496 e. The third-order valence-electron chi connectivity index (χ3n) is 4.33. The molecule has 0 aliphatic carbocycles. The number of carbonyl (C=O) groups excluding carboxylic acids is 2. The van der Waals surface area contributed by atoms with Gasteiger partial charge in [-0.05, 0) is 35.4 Å². The van der Waals surface area contributed by atoms with Gasteiger partial charge in [0.25, 0.3) is 0 Å². The van der Waals surface area contributed by atoms with Crippen LogP contribution in [0.5, 0.6) is 5.75 Å². The van der Waals surface area contributed by atoms with Crippen LogP contribution < -0.4 is 15.8 Å². The maximum absolute atomic E-state index is 8.00. The highest BCUT2D eigenvalue weighted by atomic mass is 35.5. The van der Waals surface area contributed by atoms with Crippen molar-refractivity contribution in [2.75, 3.05) is 12.4 Å². The molecule has 0 unspecified atom stereocenters. The summed E-state index contributed by atoms with van der Waals surface area (Å²) in [6.45, 7) is 5.16. The second kappa shape index (κ2) is 11.8. The molecule has 2 aromatic heterocycles. The van der Waals surface area contributed by atoms with Crippen LogP contribution in [0.3, 0.4) is 0 Å². The number of methoxy groups -OCH3 is 1.